The minimum absolute atomic E-state index is 0.155. The number of halogens is 1. The normalized spacial score (nSPS) is 19.9. The predicted molar refractivity (Wildman–Crippen MR) is 127 cm³/mol. The van der Waals surface area contributed by atoms with Crippen LogP contribution in [0.3, 0.4) is 0 Å². The second kappa shape index (κ2) is 8.78. The average molecular weight is 481 g/mol. The van der Waals surface area contributed by atoms with Crippen LogP contribution in [0.2, 0.25) is 0 Å². The van der Waals surface area contributed by atoms with Crippen LogP contribution in [0.15, 0.2) is 65.8 Å². The van der Waals surface area contributed by atoms with Gasteiger partial charge < -0.3 is 0 Å². The standard InChI is InChI=1S/C24H21FN4O2S2/c25-20-3-1-2-18(10-20)19-11-21(12-19)28-33(30,31)29-8-9-32-24-22(14-27-15-23(24)29)17-6-4-16(13-26)5-7-17/h1-7,10,14-15,19,21,28H,8-9,11-12H2. The number of nitrogens with one attached hydrogen (secondary N) is 1. The fourth-order valence-electron chi connectivity index (χ4n) is 4.32. The maximum Gasteiger partial charge on any atom is 0.301 e. The number of hydrogen-bond acceptors (Lipinski definition) is 5. The highest BCUT2D eigenvalue weighted by Gasteiger charge is 2.37. The van der Waals surface area contributed by atoms with E-state index in [1.165, 1.54) is 16.4 Å². The van der Waals surface area contributed by atoms with Gasteiger partial charge in [0, 0.05) is 35.0 Å². The second-order valence-electron chi connectivity index (χ2n) is 8.19. The van der Waals surface area contributed by atoms with Gasteiger partial charge >= 0.3 is 10.2 Å². The smallest absolute Gasteiger partial charge is 0.262 e. The number of nitriles is 1. The molecule has 0 amide bonds. The molecule has 0 radical (unpaired) electrons. The highest BCUT2D eigenvalue weighted by atomic mass is 32.2. The maximum absolute atomic E-state index is 13.5. The molecule has 2 aromatic carbocycles. The lowest BCUT2D eigenvalue weighted by molar-refractivity contribution is 0.325. The van der Waals surface area contributed by atoms with E-state index in [0.717, 1.165) is 21.6 Å². The summed E-state index contributed by atoms with van der Waals surface area (Å²) < 4.78 is 44.2. The summed E-state index contributed by atoms with van der Waals surface area (Å²) in [6, 6.07) is 15.6. The molecular weight excluding hydrogens is 459 g/mol. The van der Waals surface area contributed by atoms with E-state index in [9.17, 15) is 12.8 Å². The van der Waals surface area contributed by atoms with E-state index in [1.54, 1.807) is 42.4 Å². The molecule has 2 aliphatic rings. The van der Waals surface area contributed by atoms with Crippen LogP contribution in [-0.4, -0.2) is 31.7 Å². The third kappa shape index (κ3) is 4.34. The molecule has 33 heavy (non-hydrogen) atoms. The van der Waals surface area contributed by atoms with Crippen molar-refractivity contribution in [3.8, 4) is 17.2 Å². The predicted octanol–water partition coefficient (Wildman–Crippen LogP) is 4.45. The average Bonchev–Trinajstić information content (AvgIpc) is 2.80. The van der Waals surface area contributed by atoms with Crippen molar-refractivity contribution in [2.45, 2.75) is 29.7 Å². The summed E-state index contributed by atoms with van der Waals surface area (Å²) in [5.74, 6) is 0.504. The molecule has 0 atom stereocenters. The van der Waals surface area contributed by atoms with Crippen molar-refractivity contribution in [3.63, 3.8) is 0 Å². The van der Waals surface area contributed by atoms with E-state index in [2.05, 4.69) is 15.8 Å². The minimum Gasteiger partial charge on any atom is -0.262 e. The molecule has 5 rings (SSSR count). The molecule has 168 valence electrons. The van der Waals surface area contributed by atoms with Crippen LogP contribution in [0.4, 0.5) is 10.1 Å². The van der Waals surface area contributed by atoms with Gasteiger partial charge in [-0.1, -0.05) is 24.3 Å². The summed E-state index contributed by atoms with van der Waals surface area (Å²) in [6.45, 7) is 0.353. The molecule has 2 heterocycles. The Hall–Kier alpha value is -2.93. The van der Waals surface area contributed by atoms with Gasteiger partial charge in [0.2, 0.25) is 0 Å². The number of thioether (sulfide) groups is 1. The van der Waals surface area contributed by atoms with Crippen LogP contribution in [0.1, 0.15) is 29.9 Å². The number of aromatic nitrogens is 1. The molecule has 1 aromatic heterocycles. The quantitative estimate of drug-likeness (QED) is 0.583. The number of fused-ring (bicyclic) bond motifs is 1. The Morgan fingerprint density at radius 2 is 1.94 bits per heavy atom. The summed E-state index contributed by atoms with van der Waals surface area (Å²) in [6.07, 6.45) is 4.60. The number of nitrogens with zero attached hydrogens (tertiary/aromatic N) is 3. The van der Waals surface area contributed by atoms with Gasteiger partial charge in [0.05, 0.1) is 23.5 Å². The fourth-order valence-corrected chi connectivity index (χ4v) is 7.08. The van der Waals surface area contributed by atoms with E-state index in [4.69, 9.17) is 5.26 Å². The molecule has 1 fully saturated rings. The Balaban J connectivity index is 1.35. The van der Waals surface area contributed by atoms with Gasteiger partial charge in [0.25, 0.3) is 0 Å². The van der Waals surface area contributed by atoms with Gasteiger partial charge in [-0.2, -0.15) is 18.4 Å². The third-order valence-electron chi connectivity index (χ3n) is 6.08. The number of anilines is 1. The van der Waals surface area contributed by atoms with E-state index < -0.39 is 10.2 Å². The van der Waals surface area contributed by atoms with Crippen LogP contribution in [0.25, 0.3) is 11.1 Å². The largest absolute Gasteiger partial charge is 0.301 e. The Kier molecular flexibility index (Phi) is 5.83. The van der Waals surface area contributed by atoms with E-state index in [1.807, 2.05) is 18.2 Å². The summed E-state index contributed by atoms with van der Waals surface area (Å²) in [5.41, 5.74) is 3.75. The molecule has 9 heteroatoms. The van der Waals surface area contributed by atoms with Gasteiger partial charge in [0.15, 0.2) is 0 Å². The third-order valence-corrected chi connectivity index (χ3v) is 8.77. The van der Waals surface area contributed by atoms with Crippen molar-refractivity contribution in [3.05, 3.63) is 77.9 Å². The molecule has 1 aliphatic carbocycles. The van der Waals surface area contributed by atoms with Crippen molar-refractivity contribution in [1.82, 2.24) is 9.71 Å². The van der Waals surface area contributed by atoms with Crippen LogP contribution >= 0.6 is 11.8 Å². The molecule has 3 aromatic rings. The Bertz CT molecular complexity index is 1330. The first-order valence-electron chi connectivity index (χ1n) is 10.6. The highest BCUT2D eigenvalue weighted by molar-refractivity contribution is 8.00. The summed E-state index contributed by atoms with van der Waals surface area (Å²) in [7, 11) is -3.77. The van der Waals surface area contributed by atoms with Crippen molar-refractivity contribution in [2.75, 3.05) is 16.6 Å². The SMILES string of the molecule is N#Cc1ccc(-c2cncc3c2SCCN3S(=O)(=O)NC2CC(c3cccc(F)c3)C2)cc1. The van der Waals surface area contributed by atoms with Crippen LogP contribution in [-0.2, 0) is 10.2 Å². The number of benzene rings is 2. The van der Waals surface area contributed by atoms with Gasteiger partial charge in [-0.3, -0.25) is 9.29 Å². The van der Waals surface area contributed by atoms with Gasteiger partial charge in [-0.05, 0) is 54.2 Å². The number of hydrogen-bond donors (Lipinski definition) is 1. The lowest BCUT2D eigenvalue weighted by atomic mass is 9.76. The van der Waals surface area contributed by atoms with Crippen LogP contribution < -0.4 is 9.03 Å². The molecular formula is C24H21FN4O2S2. The van der Waals surface area contributed by atoms with Crippen molar-refractivity contribution in [1.29, 1.82) is 5.26 Å². The topological polar surface area (TPSA) is 86.1 Å². The lowest BCUT2D eigenvalue weighted by Crippen LogP contribution is -2.51. The van der Waals surface area contributed by atoms with E-state index >= 15 is 0 Å². The summed E-state index contributed by atoms with van der Waals surface area (Å²) in [5, 5.41) is 9.04. The molecule has 0 unspecified atom stereocenters. The number of pyridine rings is 1. The fraction of sp³-hybridized carbons (Fsp3) is 0.250. The van der Waals surface area contributed by atoms with Gasteiger partial charge in [-0.15, -0.1) is 11.8 Å². The minimum atomic E-state index is -3.77. The first kappa shape index (κ1) is 21.9. The Morgan fingerprint density at radius 3 is 2.67 bits per heavy atom. The monoisotopic (exact) mass is 480 g/mol. The maximum atomic E-state index is 13.5. The van der Waals surface area contributed by atoms with Crippen LogP contribution in [0, 0.1) is 17.1 Å². The molecule has 1 aliphatic heterocycles. The zero-order chi connectivity index (χ0) is 23.0. The summed E-state index contributed by atoms with van der Waals surface area (Å²) in [4.78, 5) is 5.17. The molecule has 1 saturated carbocycles. The second-order valence-corrected chi connectivity index (χ2v) is 10.9. The van der Waals surface area contributed by atoms with Crippen molar-refractivity contribution in [2.24, 2.45) is 0 Å². The number of rotatable bonds is 5. The highest BCUT2D eigenvalue weighted by Crippen LogP contribution is 2.43. The Labute approximate surface area is 196 Å². The first-order valence-corrected chi connectivity index (χ1v) is 13.0. The molecule has 1 N–H and O–H groups in total. The van der Waals surface area contributed by atoms with Crippen molar-refractivity contribution >= 4 is 27.7 Å². The van der Waals surface area contributed by atoms with E-state index in [-0.39, 0.29) is 17.8 Å². The lowest BCUT2D eigenvalue weighted by Gasteiger charge is -2.38. The molecule has 0 bridgehead atoms. The van der Waals surface area contributed by atoms with E-state index in [0.29, 0.717) is 36.4 Å². The van der Waals surface area contributed by atoms with Gasteiger partial charge in [-0.25, -0.2) is 4.39 Å². The van der Waals surface area contributed by atoms with Gasteiger partial charge in [0.1, 0.15) is 5.82 Å². The van der Waals surface area contributed by atoms with Crippen molar-refractivity contribution < 1.29 is 12.8 Å². The first-order chi connectivity index (χ1) is 15.9. The summed E-state index contributed by atoms with van der Waals surface area (Å²) >= 11 is 1.60. The molecule has 0 saturated heterocycles. The molecule has 0 spiro atoms. The zero-order valence-electron chi connectivity index (χ0n) is 17.6. The van der Waals surface area contributed by atoms with Crippen LogP contribution in [0.5, 0.6) is 0 Å². The zero-order valence-corrected chi connectivity index (χ0v) is 19.2. The molecule has 6 nitrogen and oxygen atoms in total. The Morgan fingerprint density at radius 1 is 1.15 bits per heavy atom.